The molecule has 136 valence electrons. The Bertz CT molecular complexity index is 1100. The van der Waals surface area contributed by atoms with Gasteiger partial charge in [0.15, 0.2) is 0 Å². The van der Waals surface area contributed by atoms with Gasteiger partial charge in [-0.15, -0.1) is 0 Å². The van der Waals surface area contributed by atoms with E-state index in [-0.39, 0.29) is 0 Å². The van der Waals surface area contributed by atoms with Crippen LogP contribution in [0.25, 0.3) is 11.4 Å². The van der Waals surface area contributed by atoms with Gasteiger partial charge in [-0.2, -0.15) is 30.0 Å². The summed E-state index contributed by atoms with van der Waals surface area (Å²) in [7, 11) is 0. The maximum Gasteiger partial charge on any atom is 0.0900 e. The molecule has 0 bridgehead atoms. The summed E-state index contributed by atoms with van der Waals surface area (Å²) in [6.45, 7) is 6.18. The minimum absolute atomic E-state index is 0.667. The van der Waals surface area contributed by atoms with Gasteiger partial charge in [-0.25, -0.2) is 0 Å². The molecule has 0 spiro atoms. The summed E-state index contributed by atoms with van der Waals surface area (Å²) >= 11 is 6.12. The molecule has 27 heavy (non-hydrogen) atoms. The minimum Gasteiger partial charge on any atom is -0.157 e. The van der Waals surface area contributed by atoms with E-state index in [2.05, 4.69) is 46.4 Å². The van der Waals surface area contributed by atoms with Crippen LogP contribution in [0, 0.1) is 20.8 Å². The number of nitrogens with zero attached hydrogens (tertiary/aromatic N) is 6. The number of hydrogen-bond acceptors (Lipinski definition) is 4. The van der Waals surface area contributed by atoms with Crippen LogP contribution in [0.2, 0.25) is 5.02 Å². The van der Waals surface area contributed by atoms with E-state index in [4.69, 9.17) is 11.6 Å². The predicted molar refractivity (Wildman–Crippen MR) is 105 cm³/mol. The number of hydrogen-bond donors (Lipinski definition) is 0. The molecule has 0 saturated carbocycles. The van der Waals surface area contributed by atoms with Crippen LogP contribution in [0.4, 0.5) is 0 Å². The van der Waals surface area contributed by atoms with Crippen LogP contribution in [-0.2, 0) is 6.42 Å². The van der Waals surface area contributed by atoms with Gasteiger partial charge in [0.2, 0.25) is 0 Å². The van der Waals surface area contributed by atoms with Crippen molar-refractivity contribution in [1.29, 1.82) is 0 Å². The van der Waals surface area contributed by atoms with Crippen LogP contribution in [0.3, 0.4) is 0 Å². The van der Waals surface area contributed by atoms with Gasteiger partial charge in [-0.1, -0.05) is 23.7 Å². The lowest BCUT2D eigenvalue weighted by atomic mass is 10.0. The van der Waals surface area contributed by atoms with Gasteiger partial charge in [0, 0.05) is 11.4 Å². The first-order valence-corrected chi connectivity index (χ1v) is 9.03. The molecule has 4 rings (SSSR count). The molecule has 0 N–H and O–H groups in total. The Kier molecular flexibility index (Phi) is 4.49. The summed E-state index contributed by atoms with van der Waals surface area (Å²) in [5.41, 5.74) is 7.32. The SMILES string of the molecule is Cc1cc(C)c(-n2nccn2)cc1Cc1cnn(-c2cc(Cl)ccc2C)n1. The molecule has 0 fully saturated rings. The minimum atomic E-state index is 0.667. The van der Waals surface area contributed by atoms with Crippen molar-refractivity contribution in [3.8, 4) is 11.4 Å². The molecule has 6 nitrogen and oxygen atoms in total. The van der Waals surface area contributed by atoms with Crippen molar-refractivity contribution in [3.63, 3.8) is 0 Å². The lowest BCUT2D eigenvalue weighted by Gasteiger charge is -2.11. The van der Waals surface area contributed by atoms with E-state index < -0.39 is 0 Å². The van der Waals surface area contributed by atoms with Crippen molar-refractivity contribution in [2.24, 2.45) is 0 Å². The number of aryl methyl sites for hydroxylation is 3. The van der Waals surface area contributed by atoms with Crippen LogP contribution in [0.15, 0.2) is 48.9 Å². The number of halogens is 1. The maximum absolute atomic E-state index is 6.12. The molecule has 0 aliphatic heterocycles. The smallest absolute Gasteiger partial charge is 0.0900 e. The summed E-state index contributed by atoms with van der Waals surface area (Å²) in [5, 5.41) is 18.2. The van der Waals surface area contributed by atoms with Crippen LogP contribution in [-0.4, -0.2) is 30.0 Å². The quantitative estimate of drug-likeness (QED) is 0.538. The third-order valence-corrected chi connectivity index (χ3v) is 4.82. The van der Waals surface area contributed by atoms with E-state index in [0.29, 0.717) is 11.4 Å². The number of benzene rings is 2. The monoisotopic (exact) mass is 378 g/mol. The van der Waals surface area contributed by atoms with Gasteiger partial charge in [0.1, 0.15) is 0 Å². The fourth-order valence-corrected chi connectivity index (χ4v) is 3.28. The van der Waals surface area contributed by atoms with Crippen LogP contribution < -0.4 is 0 Å². The van der Waals surface area contributed by atoms with Gasteiger partial charge in [0.25, 0.3) is 0 Å². The van der Waals surface area contributed by atoms with Gasteiger partial charge >= 0.3 is 0 Å². The summed E-state index contributed by atoms with van der Waals surface area (Å²) < 4.78 is 0. The lowest BCUT2D eigenvalue weighted by Crippen LogP contribution is -2.05. The van der Waals surface area contributed by atoms with Crippen molar-refractivity contribution in [2.75, 3.05) is 0 Å². The zero-order valence-electron chi connectivity index (χ0n) is 15.4. The summed E-state index contributed by atoms with van der Waals surface area (Å²) in [6.07, 6.45) is 5.83. The molecule has 0 aliphatic rings. The van der Waals surface area contributed by atoms with E-state index in [0.717, 1.165) is 28.2 Å². The van der Waals surface area contributed by atoms with Crippen LogP contribution in [0.5, 0.6) is 0 Å². The van der Waals surface area contributed by atoms with E-state index >= 15 is 0 Å². The molecule has 0 amide bonds. The molecule has 2 aromatic carbocycles. The van der Waals surface area contributed by atoms with E-state index in [1.165, 1.54) is 11.1 Å². The molecule has 7 heteroatoms. The van der Waals surface area contributed by atoms with Gasteiger partial charge in [-0.05, 0) is 61.2 Å². The van der Waals surface area contributed by atoms with Crippen molar-refractivity contribution >= 4 is 11.6 Å². The first-order valence-electron chi connectivity index (χ1n) is 8.66. The zero-order chi connectivity index (χ0) is 19.0. The predicted octanol–water partition coefficient (Wildman–Crippen LogP) is 4.02. The van der Waals surface area contributed by atoms with Gasteiger partial charge in [-0.3, -0.25) is 0 Å². The third kappa shape index (κ3) is 3.48. The average Bonchev–Trinajstić information content (AvgIpc) is 3.31. The molecule has 4 aromatic rings. The highest BCUT2D eigenvalue weighted by atomic mass is 35.5. The molecule has 0 saturated heterocycles. The molecular formula is C20H19ClN6. The largest absolute Gasteiger partial charge is 0.157 e. The Labute approximate surface area is 162 Å². The highest BCUT2D eigenvalue weighted by Gasteiger charge is 2.11. The van der Waals surface area contributed by atoms with E-state index in [1.54, 1.807) is 28.2 Å². The van der Waals surface area contributed by atoms with Gasteiger partial charge in [0.05, 0.1) is 35.7 Å². The molecule has 0 aliphatic carbocycles. The number of aromatic nitrogens is 6. The fourth-order valence-electron chi connectivity index (χ4n) is 3.12. The maximum atomic E-state index is 6.12. The normalized spacial score (nSPS) is 11.1. The molecule has 2 aromatic heterocycles. The second-order valence-electron chi connectivity index (χ2n) is 6.62. The highest BCUT2D eigenvalue weighted by Crippen LogP contribution is 2.22. The topological polar surface area (TPSA) is 61.4 Å². The molecule has 0 unspecified atom stereocenters. The van der Waals surface area contributed by atoms with E-state index in [1.807, 2.05) is 25.1 Å². The standard InChI is InChI=1S/C20H19ClN6/c1-13-4-5-17(21)11-20(13)27-24-12-18(25-27)9-16-10-19(15(3)8-14(16)2)26-22-6-7-23-26/h4-8,10-12H,9H2,1-3H3. The summed E-state index contributed by atoms with van der Waals surface area (Å²) in [5.74, 6) is 0. The highest BCUT2D eigenvalue weighted by molar-refractivity contribution is 6.30. The lowest BCUT2D eigenvalue weighted by molar-refractivity contribution is 0.735. The second kappa shape index (κ2) is 6.96. The van der Waals surface area contributed by atoms with Gasteiger partial charge < -0.3 is 0 Å². The number of rotatable bonds is 4. The van der Waals surface area contributed by atoms with Crippen molar-refractivity contribution in [3.05, 3.63) is 81.9 Å². The molecule has 0 atom stereocenters. The Morgan fingerprint density at radius 2 is 1.56 bits per heavy atom. The summed E-state index contributed by atoms with van der Waals surface area (Å²) in [6, 6.07) is 9.98. The third-order valence-electron chi connectivity index (χ3n) is 4.59. The summed E-state index contributed by atoms with van der Waals surface area (Å²) in [4.78, 5) is 3.28. The first-order chi connectivity index (χ1) is 13.0. The van der Waals surface area contributed by atoms with Crippen molar-refractivity contribution < 1.29 is 0 Å². The van der Waals surface area contributed by atoms with Crippen molar-refractivity contribution in [2.45, 2.75) is 27.2 Å². The Morgan fingerprint density at radius 1 is 0.815 bits per heavy atom. The average molecular weight is 379 g/mol. The first kappa shape index (κ1) is 17.4. The Morgan fingerprint density at radius 3 is 2.33 bits per heavy atom. The molecule has 0 radical (unpaired) electrons. The van der Waals surface area contributed by atoms with Crippen molar-refractivity contribution in [1.82, 2.24) is 30.0 Å². The molecule has 2 heterocycles. The second-order valence-corrected chi connectivity index (χ2v) is 7.05. The van der Waals surface area contributed by atoms with Crippen LogP contribution in [0.1, 0.15) is 27.9 Å². The van der Waals surface area contributed by atoms with Crippen LogP contribution >= 0.6 is 11.6 Å². The molecular weight excluding hydrogens is 360 g/mol. The Balaban J connectivity index is 1.66. The Hall–Kier alpha value is -2.99. The fraction of sp³-hybridized carbons (Fsp3) is 0.200. The zero-order valence-corrected chi connectivity index (χ0v) is 16.1. The van der Waals surface area contributed by atoms with E-state index in [9.17, 15) is 0 Å².